The van der Waals surface area contributed by atoms with Crippen molar-refractivity contribution in [1.82, 2.24) is 9.80 Å². The Morgan fingerprint density at radius 3 is 2.59 bits per heavy atom. The maximum atomic E-state index is 14.7. The largest absolute Gasteiger partial charge is 0.465 e. The highest BCUT2D eigenvalue weighted by molar-refractivity contribution is 5.98. The fourth-order valence-electron chi connectivity index (χ4n) is 7.34. The van der Waals surface area contributed by atoms with E-state index in [1.54, 1.807) is 22.0 Å². The first-order valence-corrected chi connectivity index (χ1v) is 15.0. The molecule has 3 unspecified atom stereocenters. The Kier molecular flexibility index (Phi) is 9.44. The summed E-state index contributed by atoms with van der Waals surface area (Å²) in [7, 11) is 0. The number of aliphatic hydroxyl groups excluding tert-OH is 1. The topological polar surface area (TPSA) is 96.4 Å². The van der Waals surface area contributed by atoms with Crippen LogP contribution >= 0.6 is 0 Å². The first-order valence-electron chi connectivity index (χ1n) is 15.0. The van der Waals surface area contributed by atoms with Crippen LogP contribution in [0.5, 0.6) is 0 Å². The monoisotopic (exact) mass is 566 g/mol. The van der Waals surface area contributed by atoms with Gasteiger partial charge in [-0.05, 0) is 43.6 Å². The molecule has 0 aliphatic carbocycles. The van der Waals surface area contributed by atoms with E-state index in [0.717, 1.165) is 5.56 Å². The van der Waals surface area contributed by atoms with Crippen LogP contribution in [0.4, 0.5) is 0 Å². The summed E-state index contributed by atoms with van der Waals surface area (Å²) in [4.78, 5) is 46.1. The molecule has 8 nitrogen and oxygen atoms in total. The lowest BCUT2D eigenvalue weighted by Gasteiger charge is -2.41. The Bertz CT molecular complexity index is 1140. The number of fused-ring (bicyclic) bond motifs is 1. The van der Waals surface area contributed by atoms with Gasteiger partial charge in [-0.2, -0.15) is 0 Å². The SMILES string of the molecule is C=CCCCOC(=O)[C@H]1[C@H]2C(=O)N([C@@H](CO)[C@@H](C)CC)C(C(=O)N(CC=C)Cc3ccccc3)C23CC(C)[C@]1(C)O3. The number of rotatable bonds is 14. The molecule has 8 heteroatoms. The molecule has 4 rings (SSSR count). The Labute approximate surface area is 244 Å². The summed E-state index contributed by atoms with van der Waals surface area (Å²) in [5.41, 5.74) is -1.20. The molecule has 0 saturated carbocycles. The highest BCUT2D eigenvalue weighted by atomic mass is 16.6. The van der Waals surface area contributed by atoms with E-state index in [-0.39, 0.29) is 43.4 Å². The Morgan fingerprint density at radius 2 is 1.98 bits per heavy atom. The molecule has 3 saturated heterocycles. The average Bonchev–Trinajstić information content (AvgIpc) is 3.48. The lowest BCUT2D eigenvalue weighted by Crippen LogP contribution is -2.59. The van der Waals surface area contributed by atoms with Crippen LogP contribution in [0.15, 0.2) is 55.6 Å². The molecular formula is C33H46N2O6. The fraction of sp³-hybridized carbons (Fsp3) is 0.606. The fourth-order valence-corrected chi connectivity index (χ4v) is 7.34. The number of carbonyl (C=O) groups is 3. The normalized spacial score (nSPS) is 31.4. The van der Waals surface area contributed by atoms with E-state index >= 15 is 0 Å². The van der Waals surface area contributed by atoms with Crippen LogP contribution in [-0.2, 0) is 30.4 Å². The number of amides is 2. The highest BCUT2D eigenvalue weighted by Crippen LogP contribution is 2.66. The number of benzene rings is 1. The predicted octanol–water partition coefficient (Wildman–Crippen LogP) is 4.13. The number of nitrogens with zero attached hydrogens (tertiary/aromatic N) is 2. The van der Waals surface area contributed by atoms with E-state index < -0.39 is 41.1 Å². The molecule has 2 amide bonds. The predicted molar refractivity (Wildman–Crippen MR) is 156 cm³/mol. The van der Waals surface area contributed by atoms with E-state index in [9.17, 15) is 19.5 Å². The Hall–Kier alpha value is -2.97. The molecule has 0 aromatic heterocycles. The van der Waals surface area contributed by atoms with Gasteiger partial charge in [-0.3, -0.25) is 14.4 Å². The summed E-state index contributed by atoms with van der Waals surface area (Å²) in [6.45, 7) is 16.0. The van der Waals surface area contributed by atoms with Gasteiger partial charge in [0, 0.05) is 13.1 Å². The molecule has 3 heterocycles. The molecule has 1 aromatic rings. The van der Waals surface area contributed by atoms with Crippen LogP contribution in [0, 0.1) is 23.7 Å². The quantitative estimate of drug-likeness (QED) is 0.207. The summed E-state index contributed by atoms with van der Waals surface area (Å²) in [5.74, 6) is -2.93. The second-order valence-corrected chi connectivity index (χ2v) is 12.2. The van der Waals surface area contributed by atoms with Gasteiger partial charge in [0.1, 0.15) is 17.6 Å². The first kappa shape index (κ1) is 31.0. The minimum atomic E-state index is -1.20. The van der Waals surface area contributed by atoms with Gasteiger partial charge in [0.15, 0.2) is 0 Å². The maximum absolute atomic E-state index is 14.7. The highest BCUT2D eigenvalue weighted by Gasteiger charge is 2.80. The third kappa shape index (κ3) is 5.25. The Morgan fingerprint density at radius 1 is 1.27 bits per heavy atom. The number of ether oxygens (including phenoxy) is 2. The van der Waals surface area contributed by atoms with Crippen molar-refractivity contribution in [2.24, 2.45) is 23.7 Å². The molecule has 1 spiro atoms. The van der Waals surface area contributed by atoms with Gasteiger partial charge in [-0.25, -0.2) is 0 Å². The van der Waals surface area contributed by atoms with Crippen molar-refractivity contribution in [3.8, 4) is 0 Å². The number of carbonyl (C=O) groups excluding carboxylic acids is 3. The molecule has 8 atom stereocenters. The van der Waals surface area contributed by atoms with Crippen molar-refractivity contribution in [1.29, 1.82) is 0 Å². The van der Waals surface area contributed by atoms with E-state index in [2.05, 4.69) is 13.2 Å². The van der Waals surface area contributed by atoms with Crippen molar-refractivity contribution in [3.63, 3.8) is 0 Å². The summed E-state index contributed by atoms with van der Waals surface area (Å²) in [6.07, 6.45) is 5.97. The van der Waals surface area contributed by atoms with Crippen LogP contribution in [0.1, 0.15) is 58.9 Å². The molecule has 2 bridgehead atoms. The van der Waals surface area contributed by atoms with E-state index in [0.29, 0.717) is 32.2 Å². The molecule has 3 aliphatic heterocycles. The molecule has 41 heavy (non-hydrogen) atoms. The summed E-state index contributed by atoms with van der Waals surface area (Å²) >= 11 is 0. The van der Waals surface area contributed by atoms with E-state index in [1.165, 1.54) is 0 Å². The van der Waals surface area contributed by atoms with Gasteiger partial charge in [0.2, 0.25) is 11.8 Å². The second kappa shape index (κ2) is 12.5. The van der Waals surface area contributed by atoms with E-state index in [4.69, 9.17) is 9.47 Å². The molecular weight excluding hydrogens is 520 g/mol. The lowest BCUT2D eigenvalue weighted by molar-refractivity contribution is -0.164. The zero-order valence-corrected chi connectivity index (χ0v) is 25.0. The van der Waals surface area contributed by atoms with Crippen LogP contribution in [0.25, 0.3) is 0 Å². The summed E-state index contributed by atoms with van der Waals surface area (Å²) in [6, 6.07) is 8.09. The number of esters is 1. The first-order chi connectivity index (χ1) is 19.6. The number of hydrogen-bond acceptors (Lipinski definition) is 6. The van der Waals surface area contributed by atoms with Crippen molar-refractivity contribution in [2.45, 2.75) is 83.2 Å². The van der Waals surface area contributed by atoms with Crippen LogP contribution in [0.3, 0.4) is 0 Å². The smallest absolute Gasteiger partial charge is 0.312 e. The van der Waals surface area contributed by atoms with Crippen molar-refractivity contribution >= 4 is 17.8 Å². The standard InChI is InChI=1S/C33H46N2O6/c1-7-10-14-18-40-31(39)27-26-29(37)35(25(21-36)22(4)9-3)28(33(26)19-23(5)32(27,6)41-33)30(38)34(17-8-2)20-24-15-12-11-13-16-24/h7-8,11-13,15-16,22-23,25-28,36H,1-2,9-10,14,17-21H2,3-6H3/t22-,23?,25-,26-,27+,28?,32-,33?/m0/s1. The molecule has 224 valence electrons. The van der Waals surface area contributed by atoms with Crippen molar-refractivity contribution < 1.29 is 29.0 Å². The average molecular weight is 567 g/mol. The minimum absolute atomic E-state index is 0.0778. The zero-order chi connectivity index (χ0) is 29.9. The van der Waals surface area contributed by atoms with Gasteiger partial charge in [-0.15, -0.1) is 13.2 Å². The number of allylic oxidation sites excluding steroid dienone is 1. The zero-order valence-electron chi connectivity index (χ0n) is 25.0. The molecule has 1 aromatic carbocycles. The number of likely N-dealkylation sites (tertiary alicyclic amines) is 1. The third-order valence-electron chi connectivity index (χ3n) is 9.76. The van der Waals surface area contributed by atoms with Crippen LogP contribution in [-0.4, -0.2) is 75.7 Å². The minimum Gasteiger partial charge on any atom is -0.465 e. The number of hydrogen-bond donors (Lipinski definition) is 1. The molecule has 3 fully saturated rings. The maximum Gasteiger partial charge on any atom is 0.312 e. The van der Waals surface area contributed by atoms with E-state index in [1.807, 2.05) is 58.0 Å². The number of aliphatic hydroxyl groups is 1. The molecule has 1 N–H and O–H groups in total. The number of unbranched alkanes of at least 4 members (excludes halogenated alkanes) is 1. The second-order valence-electron chi connectivity index (χ2n) is 12.2. The lowest BCUT2D eigenvalue weighted by atomic mass is 9.62. The summed E-state index contributed by atoms with van der Waals surface area (Å²) in [5, 5.41) is 10.6. The third-order valence-corrected chi connectivity index (χ3v) is 9.76. The summed E-state index contributed by atoms with van der Waals surface area (Å²) < 4.78 is 12.5. The van der Waals surface area contributed by atoms with Crippen LogP contribution < -0.4 is 0 Å². The van der Waals surface area contributed by atoms with Crippen molar-refractivity contribution in [2.75, 3.05) is 19.8 Å². The van der Waals surface area contributed by atoms with Crippen molar-refractivity contribution in [3.05, 3.63) is 61.2 Å². The van der Waals surface area contributed by atoms with Crippen LogP contribution in [0.2, 0.25) is 0 Å². The van der Waals surface area contributed by atoms with Gasteiger partial charge in [0.25, 0.3) is 0 Å². The molecule has 3 aliphatic rings. The van der Waals surface area contributed by atoms with Gasteiger partial charge >= 0.3 is 5.97 Å². The molecule has 0 radical (unpaired) electrons. The van der Waals surface area contributed by atoms with Gasteiger partial charge in [-0.1, -0.05) is 69.7 Å². The van der Waals surface area contributed by atoms with Gasteiger partial charge < -0.3 is 24.4 Å². The Balaban J connectivity index is 1.79. The van der Waals surface area contributed by atoms with Gasteiger partial charge in [0.05, 0.1) is 30.8 Å².